The van der Waals surface area contributed by atoms with E-state index in [1.165, 1.54) is 10.4 Å². The zero-order valence-corrected chi connectivity index (χ0v) is 12.3. The van der Waals surface area contributed by atoms with Gasteiger partial charge in [0.05, 0.1) is 0 Å². The molecule has 0 spiro atoms. The number of hydrogen-bond acceptors (Lipinski definition) is 2. The van der Waals surface area contributed by atoms with Crippen molar-refractivity contribution in [2.45, 2.75) is 32.2 Å². The van der Waals surface area contributed by atoms with E-state index in [-0.39, 0.29) is 5.82 Å². The summed E-state index contributed by atoms with van der Waals surface area (Å²) < 4.78 is 13.3. The molecule has 19 heavy (non-hydrogen) atoms. The molecule has 0 aliphatic rings. The zero-order valence-electron chi connectivity index (χ0n) is 11.4. The topological polar surface area (TPSA) is 12.0 Å². The van der Waals surface area contributed by atoms with E-state index in [2.05, 4.69) is 22.8 Å². The number of hydrogen-bond donors (Lipinski definition) is 1. The van der Waals surface area contributed by atoms with Crippen LogP contribution in [0.1, 0.15) is 34.9 Å². The van der Waals surface area contributed by atoms with Crippen LogP contribution in [0.3, 0.4) is 0 Å². The fourth-order valence-corrected chi connectivity index (χ4v) is 3.05. The van der Waals surface area contributed by atoms with Crippen molar-refractivity contribution in [3.05, 3.63) is 57.5 Å². The van der Waals surface area contributed by atoms with Crippen molar-refractivity contribution in [1.82, 2.24) is 5.32 Å². The summed E-state index contributed by atoms with van der Waals surface area (Å²) >= 11 is 1.81. The second-order valence-corrected chi connectivity index (χ2v) is 5.85. The van der Waals surface area contributed by atoms with Gasteiger partial charge in [0.2, 0.25) is 0 Å². The van der Waals surface area contributed by atoms with Gasteiger partial charge in [-0.3, -0.25) is 0 Å². The van der Waals surface area contributed by atoms with Crippen LogP contribution in [0, 0.1) is 12.7 Å². The van der Waals surface area contributed by atoms with Gasteiger partial charge in [-0.2, -0.15) is 0 Å². The average Bonchev–Trinajstić information content (AvgIpc) is 2.91. The summed E-state index contributed by atoms with van der Waals surface area (Å²) in [4.78, 5) is 1.44. The standard InChI is InChI=1S/C16H20FNS/c1-12-11-13(8-9-15(12)17)16(18-2)7-3-5-14-6-4-10-19-14/h4,6,8-11,16,18H,3,5,7H2,1-2H3. The van der Waals surface area contributed by atoms with E-state index in [0.29, 0.717) is 6.04 Å². The zero-order chi connectivity index (χ0) is 13.7. The Hall–Kier alpha value is -1.19. The molecule has 1 N–H and O–H groups in total. The predicted octanol–water partition coefficient (Wildman–Crippen LogP) is 4.48. The van der Waals surface area contributed by atoms with Gasteiger partial charge >= 0.3 is 0 Å². The van der Waals surface area contributed by atoms with Crippen LogP contribution in [-0.4, -0.2) is 7.05 Å². The van der Waals surface area contributed by atoms with Crippen molar-refractivity contribution in [2.75, 3.05) is 7.05 Å². The van der Waals surface area contributed by atoms with Gasteiger partial charge < -0.3 is 5.32 Å². The Morgan fingerprint density at radius 3 is 2.79 bits per heavy atom. The first-order chi connectivity index (χ1) is 9.20. The highest BCUT2D eigenvalue weighted by molar-refractivity contribution is 7.09. The van der Waals surface area contributed by atoms with Crippen molar-refractivity contribution in [1.29, 1.82) is 0 Å². The number of benzene rings is 1. The molecule has 0 aliphatic carbocycles. The highest BCUT2D eigenvalue weighted by atomic mass is 32.1. The molecule has 0 fully saturated rings. The molecule has 102 valence electrons. The molecule has 0 saturated carbocycles. The predicted molar refractivity (Wildman–Crippen MR) is 80.2 cm³/mol. The Morgan fingerprint density at radius 2 is 2.16 bits per heavy atom. The third kappa shape index (κ3) is 3.88. The van der Waals surface area contributed by atoms with E-state index >= 15 is 0 Å². The third-order valence-electron chi connectivity index (χ3n) is 3.43. The van der Waals surface area contributed by atoms with Crippen molar-refractivity contribution in [3.63, 3.8) is 0 Å². The van der Waals surface area contributed by atoms with E-state index in [0.717, 1.165) is 24.8 Å². The molecule has 2 aromatic rings. The number of nitrogens with one attached hydrogen (secondary N) is 1. The largest absolute Gasteiger partial charge is 0.313 e. The first kappa shape index (κ1) is 14.2. The lowest BCUT2D eigenvalue weighted by Gasteiger charge is -2.17. The fourth-order valence-electron chi connectivity index (χ4n) is 2.30. The number of rotatable bonds is 6. The summed E-state index contributed by atoms with van der Waals surface area (Å²) in [5.41, 5.74) is 1.89. The van der Waals surface area contributed by atoms with E-state index < -0.39 is 0 Å². The summed E-state index contributed by atoms with van der Waals surface area (Å²) in [6.07, 6.45) is 3.33. The smallest absolute Gasteiger partial charge is 0.126 e. The lowest BCUT2D eigenvalue weighted by molar-refractivity contribution is 0.526. The minimum absolute atomic E-state index is 0.128. The normalized spacial score (nSPS) is 12.6. The lowest BCUT2D eigenvalue weighted by atomic mass is 9.99. The van der Waals surface area contributed by atoms with Crippen LogP contribution in [0.25, 0.3) is 0 Å². The van der Waals surface area contributed by atoms with Crippen molar-refractivity contribution < 1.29 is 4.39 Å². The van der Waals surface area contributed by atoms with E-state index in [1.54, 1.807) is 6.07 Å². The minimum atomic E-state index is -0.128. The van der Waals surface area contributed by atoms with Crippen LogP contribution in [0.4, 0.5) is 4.39 Å². The minimum Gasteiger partial charge on any atom is -0.313 e. The summed E-state index contributed by atoms with van der Waals surface area (Å²) in [6, 6.07) is 9.98. The summed E-state index contributed by atoms with van der Waals surface area (Å²) in [5, 5.41) is 5.45. The van der Waals surface area contributed by atoms with Crippen LogP contribution in [0.15, 0.2) is 35.7 Å². The molecule has 1 nitrogen and oxygen atoms in total. The molecular weight excluding hydrogens is 257 g/mol. The monoisotopic (exact) mass is 277 g/mol. The average molecular weight is 277 g/mol. The SMILES string of the molecule is CNC(CCCc1cccs1)c1ccc(F)c(C)c1. The highest BCUT2D eigenvalue weighted by Crippen LogP contribution is 2.22. The Bertz CT molecular complexity index is 507. The molecular formula is C16H20FNS. The molecule has 0 saturated heterocycles. The molecule has 1 heterocycles. The molecule has 1 aromatic heterocycles. The number of aryl methyl sites for hydroxylation is 2. The van der Waals surface area contributed by atoms with Gasteiger partial charge in [0.15, 0.2) is 0 Å². The van der Waals surface area contributed by atoms with Gasteiger partial charge in [-0.25, -0.2) is 4.39 Å². The third-order valence-corrected chi connectivity index (χ3v) is 4.37. The first-order valence-corrected chi connectivity index (χ1v) is 7.54. The van der Waals surface area contributed by atoms with Crippen molar-refractivity contribution in [3.8, 4) is 0 Å². The van der Waals surface area contributed by atoms with E-state index in [4.69, 9.17) is 0 Å². The Kier molecular flexibility index (Phi) is 5.11. The Labute approximate surface area is 118 Å². The summed E-state index contributed by atoms with van der Waals surface area (Å²) in [7, 11) is 1.97. The van der Waals surface area contributed by atoms with Crippen molar-refractivity contribution in [2.24, 2.45) is 0 Å². The molecule has 3 heteroatoms. The van der Waals surface area contributed by atoms with Crippen LogP contribution < -0.4 is 5.32 Å². The summed E-state index contributed by atoms with van der Waals surface area (Å²) in [5.74, 6) is -0.128. The molecule has 0 amide bonds. The van der Waals surface area contributed by atoms with E-state index in [1.807, 2.05) is 37.4 Å². The maximum absolute atomic E-state index is 13.3. The van der Waals surface area contributed by atoms with Crippen LogP contribution in [0.2, 0.25) is 0 Å². The first-order valence-electron chi connectivity index (χ1n) is 6.66. The van der Waals surface area contributed by atoms with Gasteiger partial charge in [0.25, 0.3) is 0 Å². The maximum Gasteiger partial charge on any atom is 0.126 e. The summed E-state index contributed by atoms with van der Waals surface area (Å²) in [6.45, 7) is 1.82. The van der Waals surface area contributed by atoms with Gasteiger partial charge in [-0.1, -0.05) is 18.2 Å². The lowest BCUT2D eigenvalue weighted by Crippen LogP contribution is -2.16. The number of thiophene rings is 1. The fraction of sp³-hybridized carbons (Fsp3) is 0.375. The van der Waals surface area contributed by atoms with Crippen molar-refractivity contribution >= 4 is 11.3 Å². The molecule has 1 atom stereocenters. The molecule has 0 aliphatic heterocycles. The molecule has 0 radical (unpaired) electrons. The van der Waals surface area contributed by atoms with Gasteiger partial charge in [-0.15, -0.1) is 11.3 Å². The molecule has 2 rings (SSSR count). The number of halogens is 1. The highest BCUT2D eigenvalue weighted by Gasteiger charge is 2.10. The Morgan fingerprint density at radius 1 is 1.32 bits per heavy atom. The van der Waals surface area contributed by atoms with Crippen LogP contribution >= 0.6 is 11.3 Å². The molecule has 0 bridgehead atoms. The second-order valence-electron chi connectivity index (χ2n) is 4.82. The van der Waals surface area contributed by atoms with Crippen LogP contribution in [0.5, 0.6) is 0 Å². The maximum atomic E-state index is 13.3. The van der Waals surface area contributed by atoms with Gasteiger partial charge in [-0.05, 0) is 61.9 Å². The van der Waals surface area contributed by atoms with E-state index in [9.17, 15) is 4.39 Å². The Balaban J connectivity index is 1.93. The molecule has 1 aromatic carbocycles. The second kappa shape index (κ2) is 6.83. The van der Waals surface area contributed by atoms with Crippen LogP contribution in [-0.2, 0) is 6.42 Å². The quantitative estimate of drug-likeness (QED) is 0.821. The molecule has 1 unspecified atom stereocenters. The van der Waals surface area contributed by atoms with Gasteiger partial charge in [0.1, 0.15) is 5.82 Å². The van der Waals surface area contributed by atoms with Gasteiger partial charge in [0, 0.05) is 10.9 Å².